The van der Waals surface area contributed by atoms with Gasteiger partial charge in [-0.2, -0.15) is 0 Å². The summed E-state index contributed by atoms with van der Waals surface area (Å²) in [6.07, 6.45) is 0. The summed E-state index contributed by atoms with van der Waals surface area (Å²) in [5, 5.41) is -0.397. The number of fused-ring (bicyclic) bond motifs is 1. The van der Waals surface area contributed by atoms with E-state index in [0.29, 0.717) is 4.90 Å². The van der Waals surface area contributed by atoms with Gasteiger partial charge in [-0.25, -0.2) is 8.42 Å². The van der Waals surface area contributed by atoms with Gasteiger partial charge in [0.15, 0.2) is 9.84 Å². The molecule has 3 rings (SSSR count). The zero-order chi connectivity index (χ0) is 13.6. The van der Waals surface area contributed by atoms with E-state index in [1.807, 2.05) is 44.2 Å². The highest BCUT2D eigenvalue weighted by atomic mass is 32.2. The number of hydrogen-bond acceptors (Lipinski definition) is 2. The van der Waals surface area contributed by atoms with Gasteiger partial charge in [0.1, 0.15) is 0 Å². The van der Waals surface area contributed by atoms with Crippen LogP contribution in [0.4, 0.5) is 0 Å². The van der Waals surface area contributed by atoms with Crippen LogP contribution in [0.1, 0.15) is 29.5 Å². The van der Waals surface area contributed by atoms with Crippen molar-refractivity contribution in [3.05, 3.63) is 65.2 Å². The molecule has 1 aliphatic heterocycles. The molecule has 0 aromatic heterocycles. The van der Waals surface area contributed by atoms with E-state index in [1.54, 1.807) is 12.1 Å². The molecule has 0 N–H and O–H groups in total. The summed E-state index contributed by atoms with van der Waals surface area (Å²) in [5.74, 6) is -0.0545. The van der Waals surface area contributed by atoms with E-state index in [-0.39, 0.29) is 5.92 Å². The number of aryl methyl sites for hydroxylation is 1. The molecular formula is C16H16O2S. The molecule has 0 aliphatic carbocycles. The SMILES string of the molecule is Cc1cccc(C2c3ccccc3S(=O)(=O)C2C)c1. The predicted octanol–water partition coefficient (Wildman–Crippen LogP) is 3.30. The average Bonchev–Trinajstić information content (AvgIpc) is 2.58. The summed E-state index contributed by atoms with van der Waals surface area (Å²) >= 11 is 0. The Hall–Kier alpha value is -1.61. The van der Waals surface area contributed by atoms with E-state index in [4.69, 9.17) is 0 Å². The molecule has 2 atom stereocenters. The van der Waals surface area contributed by atoms with E-state index in [9.17, 15) is 8.42 Å². The Bertz CT molecular complexity index is 732. The molecular weight excluding hydrogens is 256 g/mol. The molecule has 2 aromatic carbocycles. The second kappa shape index (κ2) is 4.20. The first-order valence-electron chi connectivity index (χ1n) is 6.41. The highest BCUT2D eigenvalue weighted by Gasteiger charge is 2.42. The normalized spacial score (nSPS) is 24.1. The Morgan fingerprint density at radius 2 is 1.74 bits per heavy atom. The molecule has 0 saturated carbocycles. The number of benzene rings is 2. The molecule has 0 spiro atoms. The summed E-state index contributed by atoms with van der Waals surface area (Å²) in [6.45, 7) is 3.84. The second-order valence-electron chi connectivity index (χ2n) is 5.18. The Labute approximate surface area is 114 Å². The summed E-state index contributed by atoms with van der Waals surface area (Å²) in [4.78, 5) is 0.494. The van der Waals surface area contributed by atoms with Crippen LogP contribution in [0.2, 0.25) is 0 Å². The molecule has 0 radical (unpaired) electrons. The lowest BCUT2D eigenvalue weighted by Gasteiger charge is -2.16. The standard InChI is InChI=1S/C16H16O2S/c1-11-6-5-7-13(10-11)16-12(2)19(17,18)15-9-4-3-8-14(15)16/h3-10,12,16H,1-2H3. The molecule has 0 saturated heterocycles. The van der Waals surface area contributed by atoms with Crippen molar-refractivity contribution in [3.63, 3.8) is 0 Å². The highest BCUT2D eigenvalue weighted by molar-refractivity contribution is 7.92. The summed E-state index contributed by atoms with van der Waals surface area (Å²) in [7, 11) is -3.19. The highest BCUT2D eigenvalue weighted by Crippen LogP contribution is 2.44. The first kappa shape index (κ1) is 12.4. The Kier molecular flexibility index (Phi) is 2.75. The summed E-state index contributed by atoms with van der Waals surface area (Å²) in [5.41, 5.74) is 3.17. The van der Waals surface area contributed by atoms with Crippen LogP contribution in [0, 0.1) is 6.92 Å². The van der Waals surface area contributed by atoms with Crippen LogP contribution in [0.3, 0.4) is 0 Å². The van der Waals surface area contributed by atoms with Gasteiger partial charge >= 0.3 is 0 Å². The minimum atomic E-state index is -3.19. The fourth-order valence-corrected chi connectivity index (χ4v) is 4.80. The fourth-order valence-electron chi connectivity index (χ4n) is 2.94. The van der Waals surface area contributed by atoms with E-state index in [1.165, 1.54) is 0 Å². The third-order valence-electron chi connectivity index (χ3n) is 3.92. The van der Waals surface area contributed by atoms with Gasteiger partial charge < -0.3 is 0 Å². The summed E-state index contributed by atoms with van der Waals surface area (Å²) in [6, 6.07) is 15.5. The largest absolute Gasteiger partial charge is 0.223 e. The maximum Gasteiger partial charge on any atom is 0.182 e. The molecule has 1 heterocycles. The molecule has 2 unspecified atom stereocenters. The van der Waals surface area contributed by atoms with Gasteiger partial charge in [0.25, 0.3) is 0 Å². The van der Waals surface area contributed by atoms with Gasteiger partial charge in [0, 0.05) is 5.92 Å². The molecule has 1 aliphatic rings. The van der Waals surface area contributed by atoms with Gasteiger partial charge in [-0.1, -0.05) is 48.0 Å². The lowest BCUT2D eigenvalue weighted by atomic mass is 9.88. The lowest BCUT2D eigenvalue weighted by molar-refractivity contribution is 0.586. The van der Waals surface area contributed by atoms with Crippen LogP contribution in [0.5, 0.6) is 0 Å². The molecule has 0 fully saturated rings. The zero-order valence-electron chi connectivity index (χ0n) is 11.0. The van der Waals surface area contributed by atoms with Gasteiger partial charge in [0.2, 0.25) is 0 Å². The molecule has 3 heteroatoms. The molecule has 19 heavy (non-hydrogen) atoms. The Morgan fingerprint density at radius 1 is 1.00 bits per heavy atom. The van der Waals surface area contributed by atoms with E-state index >= 15 is 0 Å². The molecule has 2 aromatic rings. The van der Waals surface area contributed by atoms with E-state index in [2.05, 4.69) is 6.07 Å². The molecule has 2 nitrogen and oxygen atoms in total. The third-order valence-corrected chi connectivity index (χ3v) is 6.16. The Balaban J connectivity index is 2.24. The fraction of sp³-hybridized carbons (Fsp3) is 0.250. The maximum atomic E-state index is 12.5. The van der Waals surface area contributed by atoms with Crippen molar-refractivity contribution in [1.82, 2.24) is 0 Å². The van der Waals surface area contributed by atoms with Crippen LogP contribution < -0.4 is 0 Å². The first-order chi connectivity index (χ1) is 9.01. The van der Waals surface area contributed by atoms with Gasteiger partial charge in [-0.15, -0.1) is 0 Å². The van der Waals surface area contributed by atoms with E-state index in [0.717, 1.165) is 16.7 Å². The quantitative estimate of drug-likeness (QED) is 0.798. The van der Waals surface area contributed by atoms with Gasteiger partial charge in [-0.05, 0) is 31.0 Å². The van der Waals surface area contributed by atoms with Crippen molar-refractivity contribution in [2.45, 2.75) is 29.9 Å². The van der Waals surface area contributed by atoms with Crippen LogP contribution in [0.25, 0.3) is 0 Å². The number of rotatable bonds is 1. The van der Waals surface area contributed by atoms with Gasteiger partial charge in [-0.3, -0.25) is 0 Å². The summed E-state index contributed by atoms with van der Waals surface area (Å²) < 4.78 is 24.9. The van der Waals surface area contributed by atoms with Gasteiger partial charge in [0.05, 0.1) is 10.1 Å². The topological polar surface area (TPSA) is 34.1 Å². The average molecular weight is 272 g/mol. The second-order valence-corrected chi connectivity index (χ2v) is 7.45. The molecule has 0 bridgehead atoms. The number of hydrogen-bond donors (Lipinski definition) is 0. The predicted molar refractivity (Wildman–Crippen MR) is 76.1 cm³/mol. The minimum absolute atomic E-state index is 0.0545. The van der Waals surface area contributed by atoms with Crippen LogP contribution >= 0.6 is 0 Å². The zero-order valence-corrected chi connectivity index (χ0v) is 11.8. The van der Waals surface area contributed by atoms with Crippen LogP contribution in [-0.4, -0.2) is 13.7 Å². The van der Waals surface area contributed by atoms with Crippen molar-refractivity contribution in [2.75, 3.05) is 0 Å². The first-order valence-corrected chi connectivity index (χ1v) is 7.96. The van der Waals surface area contributed by atoms with Crippen molar-refractivity contribution in [1.29, 1.82) is 0 Å². The molecule has 0 amide bonds. The monoisotopic (exact) mass is 272 g/mol. The van der Waals surface area contributed by atoms with Crippen molar-refractivity contribution in [3.8, 4) is 0 Å². The number of sulfone groups is 1. The van der Waals surface area contributed by atoms with Crippen molar-refractivity contribution in [2.24, 2.45) is 0 Å². The molecule has 98 valence electrons. The van der Waals surface area contributed by atoms with Crippen molar-refractivity contribution < 1.29 is 8.42 Å². The third kappa shape index (κ3) is 1.80. The Morgan fingerprint density at radius 3 is 2.47 bits per heavy atom. The van der Waals surface area contributed by atoms with Crippen molar-refractivity contribution >= 4 is 9.84 Å². The van der Waals surface area contributed by atoms with E-state index < -0.39 is 15.1 Å². The lowest BCUT2D eigenvalue weighted by Crippen LogP contribution is -2.17. The smallest absolute Gasteiger partial charge is 0.182 e. The minimum Gasteiger partial charge on any atom is -0.223 e. The maximum absolute atomic E-state index is 12.5. The van der Waals surface area contributed by atoms with Crippen LogP contribution in [-0.2, 0) is 9.84 Å². The van der Waals surface area contributed by atoms with Crippen LogP contribution in [0.15, 0.2) is 53.4 Å².